The summed E-state index contributed by atoms with van der Waals surface area (Å²) in [6.07, 6.45) is 7.61. The molecule has 0 amide bonds. The van der Waals surface area contributed by atoms with Crippen LogP contribution in [0.5, 0.6) is 0 Å². The van der Waals surface area contributed by atoms with Crippen LogP contribution in [0.4, 0.5) is 0 Å². The molecule has 0 unspecified atom stereocenters. The molecule has 12 heavy (non-hydrogen) atoms. The summed E-state index contributed by atoms with van der Waals surface area (Å²) >= 11 is 0. The average Bonchev–Trinajstić information content (AvgIpc) is 1.98. The Kier molecular flexibility index (Phi) is 4.86. The molecule has 1 heteroatoms. The van der Waals surface area contributed by atoms with E-state index in [1.807, 2.05) is 44.3 Å². The fourth-order valence-corrected chi connectivity index (χ4v) is 0.786. The monoisotopic (exact) mass is 163 g/mol. The molecule has 1 nitrogen and oxygen atoms in total. The standard InChI is InChI=1S/C11H17N/c1-6-7-8-10(2)11(3)9-12(4)5/h6-9H,1-2H2,3-5H3/b8-7-,11-9-. The van der Waals surface area contributed by atoms with Crippen molar-refractivity contribution in [3.63, 3.8) is 0 Å². The van der Waals surface area contributed by atoms with Crippen LogP contribution in [0.15, 0.2) is 48.7 Å². The maximum Gasteiger partial charge on any atom is 0.00557 e. The molecule has 0 radical (unpaired) electrons. The van der Waals surface area contributed by atoms with Crippen molar-refractivity contribution in [3.05, 3.63) is 48.7 Å². The van der Waals surface area contributed by atoms with E-state index < -0.39 is 0 Å². The molecule has 0 heterocycles. The van der Waals surface area contributed by atoms with Gasteiger partial charge in [-0.3, -0.25) is 0 Å². The Morgan fingerprint density at radius 3 is 2.33 bits per heavy atom. The SMILES string of the molecule is C=C/C=C\C(=C)/C(C)=C\N(C)C. The Hall–Kier alpha value is -1.24. The Morgan fingerprint density at radius 1 is 1.33 bits per heavy atom. The second-order valence-corrected chi connectivity index (χ2v) is 2.90. The summed E-state index contributed by atoms with van der Waals surface area (Å²) in [5.41, 5.74) is 2.18. The molecule has 0 rings (SSSR count). The molecule has 0 aromatic carbocycles. The third-order valence-corrected chi connectivity index (χ3v) is 1.39. The topological polar surface area (TPSA) is 3.24 Å². The van der Waals surface area contributed by atoms with Crippen molar-refractivity contribution in [2.24, 2.45) is 0 Å². The van der Waals surface area contributed by atoms with Crippen LogP contribution >= 0.6 is 0 Å². The first-order chi connectivity index (χ1) is 5.57. The molecule has 0 aromatic heterocycles. The van der Waals surface area contributed by atoms with Gasteiger partial charge in [-0.2, -0.15) is 0 Å². The van der Waals surface area contributed by atoms with Crippen molar-refractivity contribution in [3.8, 4) is 0 Å². The van der Waals surface area contributed by atoms with E-state index in [2.05, 4.69) is 13.2 Å². The molecule has 66 valence electrons. The molecule has 0 saturated heterocycles. The van der Waals surface area contributed by atoms with Gasteiger partial charge >= 0.3 is 0 Å². The maximum absolute atomic E-state index is 3.92. The van der Waals surface area contributed by atoms with Gasteiger partial charge in [-0.05, 0) is 18.1 Å². The van der Waals surface area contributed by atoms with Crippen molar-refractivity contribution >= 4 is 0 Å². The van der Waals surface area contributed by atoms with E-state index in [1.54, 1.807) is 6.08 Å². The van der Waals surface area contributed by atoms with Gasteiger partial charge in [0.25, 0.3) is 0 Å². The van der Waals surface area contributed by atoms with Crippen LogP contribution in [0.3, 0.4) is 0 Å². The highest BCUT2D eigenvalue weighted by Gasteiger charge is 1.91. The van der Waals surface area contributed by atoms with Gasteiger partial charge in [0.2, 0.25) is 0 Å². The highest BCUT2D eigenvalue weighted by Crippen LogP contribution is 2.08. The molecule has 0 fully saturated rings. The Balaban J connectivity index is 4.28. The van der Waals surface area contributed by atoms with Gasteiger partial charge in [0.05, 0.1) is 0 Å². The zero-order valence-corrected chi connectivity index (χ0v) is 8.17. The van der Waals surface area contributed by atoms with Gasteiger partial charge in [0.1, 0.15) is 0 Å². The molecule has 0 aromatic rings. The number of hydrogen-bond donors (Lipinski definition) is 0. The molecule has 0 aliphatic carbocycles. The summed E-state index contributed by atoms with van der Waals surface area (Å²) in [6, 6.07) is 0. The third-order valence-electron chi connectivity index (χ3n) is 1.39. The van der Waals surface area contributed by atoms with Crippen LogP contribution in [-0.2, 0) is 0 Å². The number of hydrogen-bond acceptors (Lipinski definition) is 1. The van der Waals surface area contributed by atoms with Crippen molar-refractivity contribution in [1.29, 1.82) is 0 Å². The lowest BCUT2D eigenvalue weighted by molar-refractivity contribution is 0.559. The van der Waals surface area contributed by atoms with Gasteiger partial charge in [0.15, 0.2) is 0 Å². The van der Waals surface area contributed by atoms with Gasteiger partial charge < -0.3 is 4.90 Å². The fraction of sp³-hybridized carbons (Fsp3) is 0.273. The molecular weight excluding hydrogens is 146 g/mol. The lowest BCUT2D eigenvalue weighted by atomic mass is 10.1. The minimum Gasteiger partial charge on any atom is -0.383 e. The molecule has 0 aliphatic rings. The van der Waals surface area contributed by atoms with Crippen molar-refractivity contribution < 1.29 is 0 Å². The van der Waals surface area contributed by atoms with E-state index >= 15 is 0 Å². The first kappa shape index (κ1) is 10.8. The van der Waals surface area contributed by atoms with Crippen molar-refractivity contribution in [2.45, 2.75) is 6.92 Å². The van der Waals surface area contributed by atoms with Gasteiger partial charge in [-0.15, -0.1) is 0 Å². The lowest BCUT2D eigenvalue weighted by Gasteiger charge is -2.07. The fourth-order valence-electron chi connectivity index (χ4n) is 0.786. The first-order valence-electron chi connectivity index (χ1n) is 3.91. The maximum atomic E-state index is 3.92. The highest BCUT2D eigenvalue weighted by molar-refractivity contribution is 5.36. The van der Waals surface area contributed by atoms with Crippen molar-refractivity contribution in [1.82, 2.24) is 4.90 Å². The van der Waals surface area contributed by atoms with Gasteiger partial charge in [0, 0.05) is 20.3 Å². The predicted octanol–water partition coefficient (Wildman–Crippen LogP) is 2.75. The summed E-state index contributed by atoms with van der Waals surface area (Å²) in [6.45, 7) is 9.55. The molecule has 0 N–H and O–H groups in total. The minimum absolute atomic E-state index is 1.02. The second kappa shape index (κ2) is 5.42. The largest absolute Gasteiger partial charge is 0.383 e. The van der Waals surface area contributed by atoms with Gasteiger partial charge in [-0.1, -0.05) is 31.4 Å². The number of allylic oxidation sites excluding steroid dienone is 5. The quantitative estimate of drug-likeness (QED) is 0.576. The second-order valence-electron chi connectivity index (χ2n) is 2.90. The molecule has 0 saturated carbocycles. The lowest BCUT2D eigenvalue weighted by Crippen LogP contribution is -2.02. The van der Waals surface area contributed by atoms with E-state index in [0.29, 0.717) is 0 Å². The number of nitrogens with zero attached hydrogens (tertiary/aromatic N) is 1. The molecular formula is C11H17N. The molecule has 0 bridgehead atoms. The Morgan fingerprint density at radius 2 is 1.92 bits per heavy atom. The predicted molar refractivity (Wildman–Crippen MR) is 55.9 cm³/mol. The minimum atomic E-state index is 1.02. The summed E-state index contributed by atoms with van der Waals surface area (Å²) in [5.74, 6) is 0. The zero-order valence-electron chi connectivity index (χ0n) is 8.17. The Bertz CT molecular complexity index is 219. The first-order valence-corrected chi connectivity index (χ1v) is 3.91. The van der Waals surface area contributed by atoms with Crippen LogP contribution in [0.1, 0.15) is 6.92 Å². The van der Waals surface area contributed by atoms with Crippen LogP contribution < -0.4 is 0 Å². The zero-order chi connectivity index (χ0) is 9.56. The summed E-state index contributed by atoms with van der Waals surface area (Å²) < 4.78 is 0. The van der Waals surface area contributed by atoms with Crippen LogP contribution in [-0.4, -0.2) is 19.0 Å². The number of rotatable bonds is 4. The van der Waals surface area contributed by atoms with Crippen LogP contribution in [0.2, 0.25) is 0 Å². The van der Waals surface area contributed by atoms with E-state index in [0.717, 1.165) is 11.1 Å². The molecule has 0 aliphatic heterocycles. The normalized spacial score (nSPS) is 11.8. The smallest absolute Gasteiger partial charge is 0.00557 e. The summed E-state index contributed by atoms with van der Waals surface area (Å²) in [7, 11) is 3.99. The van der Waals surface area contributed by atoms with E-state index in [1.165, 1.54) is 0 Å². The van der Waals surface area contributed by atoms with E-state index in [-0.39, 0.29) is 0 Å². The summed E-state index contributed by atoms with van der Waals surface area (Å²) in [5, 5.41) is 0. The van der Waals surface area contributed by atoms with Crippen LogP contribution in [0, 0.1) is 0 Å². The average molecular weight is 163 g/mol. The Labute approximate surface area is 75.4 Å². The highest BCUT2D eigenvalue weighted by atomic mass is 15.0. The summed E-state index contributed by atoms with van der Waals surface area (Å²) in [4.78, 5) is 2.00. The van der Waals surface area contributed by atoms with Crippen LogP contribution in [0.25, 0.3) is 0 Å². The van der Waals surface area contributed by atoms with Gasteiger partial charge in [-0.25, -0.2) is 0 Å². The third kappa shape index (κ3) is 4.56. The molecule has 0 atom stereocenters. The molecule has 0 spiro atoms. The van der Waals surface area contributed by atoms with E-state index in [4.69, 9.17) is 0 Å². The van der Waals surface area contributed by atoms with Crippen molar-refractivity contribution in [2.75, 3.05) is 14.1 Å². The van der Waals surface area contributed by atoms with E-state index in [9.17, 15) is 0 Å².